The standard InChI is InChI=1S/C11H12O5/c12-4-9(13)10(14)6-1-2-7-5-16-11(15)8(7)3-6/h1-3,9-10,12-14H,4-5H2. The molecule has 1 aromatic rings. The topological polar surface area (TPSA) is 87.0 Å². The molecule has 1 aromatic carbocycles. The highest BCUT2D eigenvalue weighted by Crippen LogP contribution is 2.25. The van der Waals surface area contributed by atoms with Crippen molar-refractivity contribution in [3.8, 4) is 0 Å². The fraction of sp³-hybridized carbons (Fsp3) is 0.364. The quantitative estimate of drug-likeness (QED) is 0.616. The summed E-state index contributed by atoms with van der Waals surface area (Å²) >= 11 is 0. The molecule has 2 atom stereocenters. The summed E-state index contributed by atoms with van der Waals surface area (Å²) in [4.78, 5) is 11.3. The molecule has 0 saturated carbocycles. The van der Waals surface area contributed by atoms with Gasteiger partial charge in [0.1, 0.15) is 18.8 Å². The van der Waals surface area contributed by atoms with Crippen LogP contribution in [0, 0.1) is 0 Å². The van der Waals surface area contributed by atoms with Crippen molar-refractivity contribution in [2.24, 2.45) is 0 Å². The van der Waals surface area contributed by atoms with E-state index in [2.05, 4.69) is 0 Å². The van der Waals surface area contributed by atoms with Crippen molar-refractivity contribution in [2.75, 3.05) is 6.61 Å². The molecular weight excluding hydrogens is 212 g/mol. The number of ether oxygens (including phenoxy) is 1. The summed E-state index contributed by atoms with van der Waals surface area (Å²) in [6.45, 7) is -0.296. The zero-order valence-corrected chi connectivity index (χ0v) is 8.46. The van der Waals surface area contributed by atoms with E-state index in [0.717, 1.165) is 5.56 Å². The summed E-state index contributed by atoms with van der Waals surface area (Å²) in [5.41, 5.74) is 1.56. The van der Waals surface area contributed by atoms with Crippen LogP contribution >= 0.6 is 0 Å². The van der Waals surface area contributed by atoms with Gasteiger partial charge in [-0.15, -0.1) is 0 Å². The minimum Gasteiger partial charge on any atom is -0.457 e. The van der Waals surface area contributed by atoms with Gasteiger partial charge in [0, 0.05) is 5.56 Å². The monoisotopic (exact) mass is 224 g/mol. The smallest absolute Gasteiger partial charge is 0.338 e. The first-order valence-electron chi connectivity index (χ1n) is 4.90. The second-order valence-corrected chi connectivity index (χ2v) is 3.69. The molecule has 5 nitrogen and oxygen atoms in total. The lowest BCUT2D eigenvalue weighted by Gasteiger charge is -2.16. The van der Waals surface area contributed by atoms with Gasteiger partial charge in [0.15, 0.2) is 0 Å². The first-order valence-corrected chi connectivity index (χ1v) is 4.90. The molecule has 5 heteroatoms. The van der Waals surface area contributed by atoms with E-state index in [1.165, 1.54) is 6.07 Å². The van der Waals surface area contributed by atoms with E-state index in [1.54, 1.807) is 12.1 Å². The number of carbonyl (C=O) groups is 1. The highest BCUT2D eigenvalue weighted by atomic mass is 16.5. The molecule has 0 aliphatic carbocycles. The predicted octanol–water partition coefficient (Wildman–Crippen LogP) is -0.256. The number of aliphatic hydroxyl groups excluding tert-OH is 3. The van der Waals surface area contributed by atoms with Crippen LogP contribution in [0.5, 0.6) is 0 Å². The number of esters is 1. The Bertz CT molecular complexity index is 415. The van der Waals surface area contributed by atoms with Gasteiger partial charge >= 0.3 is 5.97 Å². The summed E-state index contributed by atoms with van der Waals surface area (Å²) in [5, 5.41) is 27.6. The number of hydrogen-bond donors (Lipinski definition) is 3. The van der Waals surface area contributed by atoms with Crippen molar-refractivity contribution in [3.05, 3.63) is 34.9 Å². The lowest BCUT2D eigenvalue weighted by molar-refractivity contribution is -0.0152. The highest BCUT2D eigenvalue weighted by Gasteiger charge is 2.24. The molecular formula is C11H12O5. The Morgan fingerprint density at radius 1 is 1.38 bits per heavy atom. The van der Waals surface area contributed by atoms with Gasteiger partial charge in [-0.05, 0) is 11.6 Å². The Morgan fingerprint density at radius 2 is 2.12 bits per heavy atom. The number of hydrogen-bond acceptors (Lipinski definition) is 5. The van der Waals surface area contributed by atoms with Crippen LogP contribution in [0.25, 0.3) is 0 Å². The first-order chi connectivity index (χ1) is 7.63. The van der Waals surface area contributed by atoms with Crippen LogP contribution in [0.4, 0.5) is 0 Å². The molecule has 0 spiro atoms. The van der Waals surface area contributed by atoms with E-state index >= 15 is 0 Å². The van der Waals surface area contributed by atoms with Crippen LogP contribution in [0.3, 0.4) is 0 Å². The third kappa shape index (κ3) is 1.80. The zero-order valence-electron chi connectivity index (χ0n) is 8.46. The van der Waals surface area contributed by atoms with Gasteiger partial charge in [0.05, 0.1) is 12.2 Å². The maximum atomic E-state index is 11.3. The lowest BCUT2D eigenvalue weighted by atomic mass is 10.00. The van der Waals surface area contributed by atoms with Crippen molar-refractivity contribution in [3.63, 3.8) is 0 Å². The average molecular weight is 224 g/mol. The molecule has 16 heavy (non-hydrogen) atoms. The summed E-state index contributed by atoms with van der Waals surface area (Å²) in [5.74, 6) is -0.428. The third-order valence-corrected chi connectivity index (χ3v) is 2.61. The third-order valence-electron chi connectivity index (χ3n) is 2.61. The van der Waals surface area contributed by atoms with Crippen LogP contribution in [0.15, 0.2) is 18.2 Å². The molecule has 1 aliphatic rings. The normalized spacial score (nSPS) is 17.8. The number of aliphatic hydroxyl groups is 3. The van der Waals surface area contributed by atoms with E-state index in [-0.39, 0.29) is 6.61 Å². The molecule has 0 radical (unpaired) electrons. The van der Waals surface area contributed by atoms with Gasteiger partial charge in [-0.3, -0.25) is 0 Å². The molecule has 1 heterocycles. The predicted molar refractivity (Wildman–Crippen MR) is 53.6 cm³/mol. The average Bonchev–Trinajstić information content (AvgIpc) is 2.68. The van der Waals surface area contributed by atoms with E-state index < -0.39 is 24.8 Å². The minimum atomic E-state index is -1.25. The molecule has 86 valence electrons. The van der Waals surface area contributed by atoms with Crippen LogP contribution < -0.4 is 0 Å². The molecule has 0 amide bonds. The first kappa shape index (κ1) is 11.1. The van der Waals surface area contributed by atoms with Crippen molar-refractivity contribution in [2.45, 2.75) is 18.8 Å². The summed E-state index contributed by atoms with van der Waals surface area (Å²) in [6.07, 6.45) is -2.46. The van der Waals surface area contributed by atoms with Crippen molar-refractivity contribution < 1.29 is 24.9 Å². The summed E-state index contributed by atoms with van der Waals surface area (Å²) in [7, 11) is 0. The molecule has 1 aliphatic heterocycles. The van der Waals surface area contributed by atoms with Crippen LogP contribution in [-0.2, 0) is 11.3 Å². The largest absolute Gasteiger partial charge is 0.457 e. The molecule has 0 fully saturated rings. The molecule has 3 N–H and O–H groups in total. The van der Waals surface area contributed by atoms with Gasteiger partial charge in [0.2, 0.25) is 0 Å². The Balaban J connectivity index is 2.31. The maximum Gasteiger partial charge on any atom is 0.338 e. The number of carbonyl (C=O) groups excluding carboxylic acids is 1. The van der Waals surface area contributed by atoms with E-state index in [0.29, 0.717) is 11.1 Å². The number of fused-ring (bicyclic) bond motifs is 1. The maximum absolute atomic E-state index is 11.3. The Morgan fingerprint density at radius 3 is 2.81 bits per heavy atom. The van der Waals surface area contributed by atoms with E-state index in [4.69, 9.17) is 9.84 Å². The van der Waals surface area contributed by atoms with Gasteiger partial charge < -0.3 is 20.1 Å². The molecule has 0 saturated heterocycles. The van der Waals surface area contributed by atoms with E-state index in [1.807, 2.05) is 0 Å². The second-order valence-electron chi connectivity index (χ2n) is 3.69. The number of benzene rings is 1. The van der Waals surface area contributed by atoms with Crippen molar-refractivity contribution >= 4 is 5.97 Å². The van der Waals surface area contributed by atoms with Crippen LogP contribution in [0.2, 0.25) is 0 Å². The molecule has 0 aromatic heterocycles. The van der Waals surface area contributed by atoms with Gasteiger partial charge in [0.25, 0.3) is 0 Å². The number of rotatable bonds is 3. The Hall–Kier alpha value is -1.43. The lowest BCUT2D eigenvalue weighted by Crippen LogP contribution is -2.22. The van der Waals surface area contributed by atoms with Gasteiger partial charge in [-0.1, -0.05) is 12.1 Å². The molecule has 2 unspecified atom stereocenters. The van der Waals surface area contributed by atoms with Crippen LogP contribution in [0.1, 0.15) is 27.6 Å². The Kier molecular flexibility index (Phi) is 2.91. The molecule has 0 bridgehead atoms. The van der Waals surface area contributed by atoms with Crippen molar-refractivity contribution in [1.29, 1.82) is 0 Å². The van der Waals surface area contributed by atoms with Crippen molar-refractivity contribution in [1.82, 2.24) is 0 Å². The van der Waals surface area contributed by atoms with E-state index in [9.17, 15) is 15.0 Å². The zero-order chi connectivity index (χ0) is 11.7. The van der Waals surface area contributed by atoms with Gasteiger partial charge in [-0.2, -0.15) is 0 Å². The van der Waals surface area contributed by atoms with Crippen LogP contribution in [-0.4, -0.2) is 34.0 Å². The fourth-order valence-electron chi connectivity index (χ4n) is 1.64. The summed E-state index contributed by atoms with van der Waals surface area (Å²) < 4.78 is 4.81. The second kappa shape index (κ2) is 4.21. The fourth-order valence-corrected chi connectivity index (χ4v) is 1.64. The summed E-state index contributed by atoms with van der Waals surface area (Å²) in [6, 6.07) is 4.75. The highest BCUT2D eigenvalue weighted by molar-refractivity contribution is 5.93. The van der Waals surface area contributed by atoms with Gasteiger partial charge in [-0.25, -0.2) is 4.79 Å². The SMILES string of the molecule is O=C1OCc2ccc(C(O)C(O)CO)cc21. The molecule has 2 rings (SSSR count). The Labute approximate surface area is 91.9 Å². The number of cyclic esters (lactones) is 1. The minimum absolute atomic E-state index is 0.243.